The second-order valence-corrected chi connectivity index (χ2v) is 7.27. The Morgan fingerprint density at radius 1 is 1.35 bits per heavy atom. The van der Waals surface area contributed by atoms with E-state index >= 15 is 0 Å². The normalized spacial score (nSPS) is 24.5. The fourth-order valence-corrected chi connectivity index (χ4v) is 4.62. The standard InChI is InChI=1S/C18H24O4S/c1-4-6-13(19)17-14(20)9-12(10-15(17)21)18(23-3)11(2)16-7-5-8-22-16/h5,7-8,11-12,17-18H,4,6,9-10H2,1-3H3. The molecular weight excluding hydrogens is 312 g/mol. The molecule has 1 aliphatic rings. The van der Waals surface area contributed by atoms with Gasteiger partial charge in [-0.15, -0.1) is 0 Å². The number of carbonyl (C=O) groups is 3. The van der Waals surface area contributed by atoms with Crippen molar-refractivity contribution in [2.24, 2.45) is 11.8 Å². The lowest BCUT2D eigenvalue weighted by Gasteiger charge is -2.33. The van der Waals surface area contributed by atoms with Crippen molar-refractivity contribution in [2.75, 3.05) is 6.26 Å². The molecule has 1 heterocycles. The molecule has 0 spiro atoms. The molecule has 1 saturated carbocycles. The third-order valence-corrected chi connectivity index (χ3v) is 5.95. The predicted molar refractivity (Wildman–Crippen MR) is 90.6 cm³/mol. The van der Waals surface area contributed by atoms with Crippen molar-refractivity contribution >= 4 is 29.1 Å². The lowest BCUT2D eigenvalue weighted by molar-refractivity contribution is -0.143. The maximum Gasteiger partial charge on any atom is 0.151 e. The zero-order valence-corrected chi connectivity index (χ0v) is 14.7. The van der Waals surface area contributed by atoms with Gasteiger partial charge in [0.25, 0.3) is 0 Å². The van der Waals surface area contributed by atoms with Crippen molar-refractivity contribution in [3.63, 3.8) is 0 Å². The molecular formula is C18H24O4S. The summed E-state index contributed by atoms with van der Waals surface area (Å²) in [6, 6.07) is 3.77. The summed E-state index contributed by atoms with van der Waals surface area (Å²) in [4.78, 5) is 36.8. The van der Waals surface area contributed by atoms with Crippen LogP contribution in [-0.2, 0) is 14.4 Å². The van der Waals surface area contributed by atoms with Crippen molar-refractivity contribution in [3.8, 4) is 0 Å². The molecule has 1 fully saturated rings. The van der Waals surface area contributed by atoms with E-state index in [1.807, 2.05) is 25.3 Å². The Hall–Kier alpha value is -1.36. The monoisotopic (exact) mass is 336 g/mol. The summed E-state index contributed by atoms with van der Waals surface area (Å²) >= 11 is 1.66. The van der Waals surface area contributed by atoms with E-state index in [4.69, 9.17) is 4.42 Å². The number of furan rings is 1. The van der Waals surface area contributed by atoms with Crippen LogP contribution in [0.2, 0.25) is 0 Å². The Labute approximate surface area is 141 Å². The van der Waals surface area contributed by atoms with E-state index in [-0.39, 0.29) is 34.4 Å². The van der Waals surface area contributed by atoms with Crippen LogP contribution in [0.15, 0.2) is 22.8 Å². The molecule has 2 rings (SSSR count). The topological polar surface area (TPSA) is 64.3 Å². The fraction of sp³-hybridized carbons (Fsp3) is 0.611. The van der Waals surface area contributed by atoms with Gasteiger partial charge in [-0.05, 0) is 30.7 Å². The van der Waals surface area contributed by atoms with E-state index in [0.29, 0.717) is 25.7 Å². The lowest BCUT2D eigenvalue weighted by atomic mass is 9.74. The van der Waals surface area contributed by atoms with Gasteiger partial charge in [-0.2, -0.15) is 11.8 Å². The van der Waals surface area contributed by atoms with Gasteiger partial charge in [-0.25, -0.2) is 0 Å². The molecule has 0 aliphatic heterocycles. The highest BCUT2D eigenvalue weighted by atomic mass is 32.2. The van der Waals surface area contributed by atoms with Crippen LogP contribution in [0.25, 0.3) is 0 Å². The first-order valence-corrected chi connectivity index (χ1v) is 9.42. The number of hydrogen-bond donors (Lipinski definition) is 0. The van der Waals surface area contributed by atoms with Crippen LogP contribution < -0.4 is 0 Å². The number of thioether (sulfide) groups is 1. The summed E-state index contributed by atoms with van der Waals surface area (Å²) in [5, 5.41) is 0.122. The maximum absolute atomic E-state index is 12.4. The molecule has 1 aromatic heterocycles. The van der Waals surface area contributed by atoms with Gasteiger partial charge in [-0.1, -0.05) is 13.8 Å². The van der Waals surface area contributed by atoms with Crippen molar-refractivity contribution in [3.05, 3.63) is 24.2 Å². The summed E-state index contributed by atoms with van der Waals surface area (Å²) < 4.78 is 5.48. The van der Waals surface area contributed by atoms with Crippen LogP contribution in [0.5, 0.6) is 0 Å². The molecule has 5 heteroatoms. The quantitative estimate of drug-likeness (QED) is 0.711. The van der Waals surface area contributed by atoms with Crippen molar-refractivity contribution in [2.45, 2.75) is 50.7 Å². The molecule has 0 N–H and O–H groups in total. The summed E-state index contributed by atoms with van der Waals surface area (Å²) in [6.07, 6.45) is 5.22. The van der Waals surface area contributed by atoms with Crippen molar-refractivity contribution < 1.29 is 18.8 Å². The molecule has 2 atom stereocenters. The van der Waals surface area contributed by atoms with E-state index in [1.54, 1.807) is 18.0 Å². The first-order chi connectivity index (χ1) is 11.0. The van der Waals surface area contributed by atoms with E-state index in [9.17, 15) is 14.4 Å². The predicted octanol–water partition coefficient (Wildman–Crippen LogP) is 3.65. The van der Waals surface area contributed by atoms with E-state index in [1.165, 1.54) is 0 Å². The molecule has 4 nitrogen and oxygen atoms in total. The van der Waals surface area contributed by atoms with Gasteiger partial charge in [0.2, 0.25) is 0 Å². The van der Waals surface area contributed by atoms with Crippen LogP contribution in [-0.4, -0.2) is 28.9 Å². The number of rotatable bonds is 7. The van der Waals surface area contributed by atoms with E-state index < -0.39 is 5.92 Å². The van der Waals surface area contributed by atoms with Gasteiger partial charge in [0.05, 0.1) is 6.26 Å². The number of ketones is 3. The third-order valence-electron chi connectivity index (χ3n) is 4.61. The zero-order chi connectivity index (χ0) is 17.0. The number of Topliss-reactive ketones (excluding diaryl/α,β-unsaturated/α-hetero) is 3. The molecule has 2 unspecified atom stereocenters. The average molecular weight is 336 g/mol. The first kappa shape index (κ1) is 18.0. The van der Waals surface area contributed by atoms with Gasteiger partial charge in [0.1, 0.15) is 11.7 Å². The van der Waals surface area contributed by atoms with E-state index in [2.05, 4.69) is 6.92 Å². The second kappa shape index (κ2) is 7.95. The molecule has 0 aromatic carbocycles. The van der Waals surface area contributed by atoms with Crippen LogP contribution >= 0.6 is 11.8 Å². The molecule has 0 radical (unpaired) electrons. The smallest absolute Gasteiger partial charge is 0.151 e. The highest BCUT2D eigenvalue weighted by molar-refractivity contribution is 7.99. The summed E-state index contributed by atoms with van der Waals surface area (Å²) in [6.45, 7) is 3.94. The van der Waals surface area contributed by atoms with Gasteiger partial charge >= 0.3 is 0 Å². The van der Waals surface area contributed by atoms with E-state index in [0.717, 1.165) is 5.76 Å². The molecule has 0 amide bonds. The largest absolute Gasteiger partial charge is 0.469 e. The van der Waals surface area contributed by atoms with Crippen LogP contribution in [0, 0.1) is 11.8 Å². The Bertz CT molecular complexity index is 546. The molecule has 126 valence electrons. The van der Waals surface area contributed by atoms with Crippen LogP contribution in [0.4, 0.5) is 0 Å². The number of carbonyl (C=O) groups excluding carboxylic acids is 3. The van der Waals surface area contributed by atoms with Gasteiger partial charge in [-0.3, -0.25) is 14.4 Å². The molecule has 23 heavy (non-hydrogen) atoms. The number of hydrogen-bond acceptors (Lipinski definition) is 5. The summed E-state index contributed by atoms with van der Waals surface area (Å²) in [5.74, 6) is -0.656. The van der Waals surface area contributed by atoms with Crippen molar-refractivity contribution in [1.82, 2.24) is 0 Å². The maximum atomic E-state index is 12.4. The van der Waals surface area contributed by atoms with Gasteiger partial charge in [0, 0.05) is 30.4 Å². The highest BCUT2D eigenvalue weighted by Crippen LogP contribution is 2.39. The highest BCUT2D eigenvalue weighted by Gasteiger charge is 2.43. The second-order valence-electron chi connectivity index (χ2n) is 6.25. The summed E-state index contributed by atoms with van der Waals surface area (Å²) in [5.41, 5.74) is 0. The Morgan fingerprint density at radius 3 is 2.48 bits per heavy atom. The first-order valence-electron chi connectivity index (χ1n) is 8.13. The average Bonchev–Trinajstić information content (AvgIpc) is 3.01. The summed E-state index contributed by atoms with van der Waals surface area (Å²) in [7, 11) is 0. The minimum absolute atomic E-state index is 0.0317. The zero-order valence-electron chi connectivity index (χ0n) is 13.9. The molecule has 0 saturated heterocycles. The molecule has 1 aliphatic carbocycles. The Morgan fingerprint density at radius 2 is 2.00 bits per heavy atom. The van der Waals surface area contributed by atoms with Crippen molar-refractivity contribution in [1.29, 1.82) is 0 Å². The Balaban J connectivity index is 2.11. The van der Waals surface area contributed by atoms with Gasteiger partial charge < -0.3 is 4.42 Å². The fourth-order valence-electron chi connectivity index (χ4n) is 3.50. The molecule has 0 bridgehead atoms. The van der Waals surface area contributed by atoms with Gasteiger partial charge in [0.15, 0.2) is 17.3 Å². The Kier molecular flexibility index (Phi) is 6.22. The van der Waals surface area contributed by atoms with Crippen LogP contribution in [0.3, 0.4) is 0 Å². The van der Waals surface area contributed by atoms with Crippen LogP contribution in [0.1, 0.15) is 51.2 Å². The minimum Gasteiger partial charge on any atom is -0.469 e. The lowest BCUT2D eigenvalue weighted by Crippen LogP contribution is -2.42. The minimum atomic E-state index is -1.01. The third kappa shape index (κ3) is 3.94. The molecule has 1 aromatic rings. The SMILES string of the molecule is CCCC(=O)C1C(=O)CC(C(SC)C(C)c2ccco2)CC1=O.